The number of nitrogens with one attached hydrogen (secondary N) is 2. The van der Waals surface area contributed by atoms with Gasteiger partial charge in [-0.1, -0.05) is 18.2 Å². The lowest BCUT2D eigenvalue weighted by molar-refractivity contribution is -0.136. The highest BCUT2D eigenvalue weighted by Gasteiger charge is 2.38. The molecule has 0 aromatic heterocycles. The number of amides is 3. The van der Waals surface area contributed by atoms with Gasteiger partial charge in [-0.2, -0.15) is 0 Å². The van der Waals surface area contributed by atoms with Gasteiger partial charge in [-0.15, -0.1) is 11.8 Å². The Bertz CT molecular complexity index is 1010. The van der Waals surface area contributed by atoms with E-state index in [2.05, 4.69) is 10.6 Å². The molecule has 6 nitrogen and oxygen atoms in total. The van der Waals surface area contributed by atoms with Crippen LogP contribution in [0.1, 0.15) is 18.4 Å². The Labute approximate surface area is 178 Å². The third kappa shape index (κ3) is 4.18. The quantitative estimate of drug-likeness (QED) is 0.736. The number of thioether (sulfide) groups is 1. The summed E-state index contributed by atoms with van der Waals surface area (Å²) in [7, 11) is 0. The fourth-order valence-corrected chi connectivity index (χ4v) is 4.76. The molecule has 1 fully saturated rings. The van der Waals surface area contributed by atoms with E-state index in [1.54, 1.807) is 30.0 Å². The van der Waals surface area contributed by atoms with Gasteiger partial charge in [0.05, 0.1) is 11.6 Å². The number of halogens is 1. The second-order valence-corrected chi connectivity index (χ2v) is 8.71. The number of hydrogen-bond donors (Lipinski definition) is 2. The number of likely N-dealkylation sites (tertiary alicyclic amines) is 1. The summed E-state index contributed by atoms with van der Waals surface area (Å²) in [5, 5.41) is 4.66. The first-order valence-corrected chi connectivity index (χ1v) is 10.7. The lowest BCUT2D eigenvalue weighted by Gasteiger charge is -2.35. The van der Waals surface area contributed by atoms with Gasteiger partial charge in [0.2, 0.25) is 17.7 Å². The maximum Gasteiger partial charge on any atom is 0.247 e. The maximum absolute atomic E-state index is 13.7. The average molecular weight is 428 g/mol. The number of para-hydroxylation sites is 1. The van der Waals surface area contributed by atoms with Crippen molar-refractivity contribution in [1.82, 2.24) is 4.90 Å². The molecule has 0 radical (unpaired) electrons. The Balaban J connectivity index is 1.42. The standard InChI is InChI=1S/C22H22FN3O3S/c1-13-8-9-15(11-16(13)23)24-20(27)14-5-4-10-26(12-14)22(29)19-21(28)25-17-6-2-3-7-18(17)30-19/h2-3,6-9,11,14,19H,4-5,10,12H2,1H3,(H,24,27)(H,25,28)/t14-,19+/m0/s1. The predicted molar refractivity (Wildman–Crippen MR) is 114 cm³/mol. The molecule has 2 aliphatic heterocycles. The minimum absolute atomic E-state index is 0.241. The molecular weight excluding hydrogens is 405 g/mol. The van der Waals surface area contributed by atoms with Crippen molar-refractivity contribution in [3.05, 3.63) is 53.8 Å². The van der Waals surface area contributed by atoms with Gasteiger partial charge in [0, 0.05) is 23.7 Å². The van der Waals surface area contributed by atoms with Gasteiger partial charge in [-0.25, -0.2) is 4.39 Å². The number of nitrogens with zero attached hydrogens (tertiary/aromatic N) is 1. The SMILES string of the molecule is Cc1ccc(NC(=O)[C@H]2CCCN(C(=O)[C@@H]3Sc4ccccc4NC3=O)C2)cc1F. The Morgan fingerprint density at radius 2 is 2.03 bits per heavy atom. The number of benzene rings is 2. The Morgan fingerprint density at radius 3 is 2.83 bits per heavy atom. The van der Waals surface area contributed by atoms with Gasteiger partial charge in [0.15, 0.2) is 5.25 Å². The zero-order valence-corrected chi connectivity index (χ0v) is 17.3. The summed E-state index contributed by atoms with van der Waals surface area (Å²) in [6.07, 6.45) is 1.30. The van der Waals surface area contributed by atoms with Crippen LogP contribution in [0.25, 0.3) is 0 Å². The van der Waals surface area contributed by atoms with Crippen LogP contribution in [0, 0.1) is 18.7 Å². The van der Waals surface area contributed by atoms with E-state index in [1.165, 1.54) is 17.8 Å². The van der Waals surface area contributed by atoms with Crippen LogP contribution in [0.3, 0.4) is 0 Å². The highest BCUT2D eigenvalue weighted by Crippen LogP contribution is 2.36. The van der Waals surface area contributed by atoms with Gasteiger partial charge in [0.25, 0.3) is 0 Å². The zero-order valence-electron chi connectivity index (χ0n) is 16.5. The van der Waals surface area contributed by atoms with Crippen LogP contribution in [0.2, 0.25) is 0 Å². The monoisotopic (exact) mass is 427 g/mol. The van der Waals surface area contributed by atoms with E-state index >= 15 is 0 Å². The molecule has 2 aliphatic rings. The first-order chi connectivity index (χ1) is 14.4. The predicted octanol–water partition coefficient (Wildman–Crippen LogP) is 3.42. The van der Waals surface area contributed by atoms with Crippen LogP contribution in [-0.4, -0.2) is 41.0 Å². The molecule has 156 valence electrons. The lowest BCUT2D eigenvalue weighted by Crippen LogP contribution is -2.50. The second kappa shape index (κ2) is 8.47. The molecule has 0 bridgehead atoms. The third-order valence-corrected chi connectivity index (χ3v) is 6.66. The van der Waals surface area contributed by atoms with Crippen molar-refractivity contribution in [2.45, 2.75) is 29.9 Å². The largest absolute Gasteiger partial charge is 0.340 e. The molecule has 0 spiro atoms. The molecule has 4 rings (SSSR count). The Morgan fingerprint density at radius 1 is 1.23 bits per heavy atom. The molecule has 30 heavy (non-hydrogen) atoms. The molecule has 0 unspecified atom stereocenters. The smallest absolute Gasteiger partial charge is 0.247 e. The number of hydrogen-bond acceptors (Lipinski definition) is 4. The Hall–Kier alpha value is -2.87. The topological polar surface area (TPSA) is 78.5 Å². The van der Waals surface area contributed by atoms with Crippen molar-refractivity contribution in [1.29, 1.82) is 0 Å². The van der Waals surface area contributed by atoms with Crippen LogP contribution >= 0.6 is 11.8 Å². The summed E-state index contributed by atoms with van der Waals surface area (Å²) in [6, 6.07) is 11.9. The minimum atomic E-state index is -0.868. The summed E-state index contributed by atoms with van der Waals surface area (Å²) in [5.41, 5.74) is 1.61. The molecule has 2 N–H and O–H groups in total. The molecular formula is C22H22FN3O3S. The molecule has 8 heteroatoms. The zero-order chi connectivity index (χ0) is 21.3. The van der Waals surface area contributed by atoms with Gasteiger partial charge >= 0.3 is 0 Å². The summed E-state index contributed by atoms with van der Waals surface area (Å²) < 4.78 is 13.7. The molecule has 2 aromatic rings. The van der Waals surface area contributed by atoms with Crippen LogP contribution in [-0.2, 0) is 14.4 Å². The number of rotatable bonds is 3. The van der Waals surface area contributed by atoms with Crippen molar-refractivity contribution in [2.75, 3.05) is 23.7 Å². The molecule has 2 aromatic carbocycles. The first-order valence-electron chi connectivity index (χ1n) is 9.85. The summed E-state index contributed by atoms with van der Waals surface area (Å²) in [5.74, 6) is -1.66. The fraction of sp³-hybridized carbons (Fsp3) is 0.318. The highest BCUT2D eigenvalue weighted by atomic mass is 32.2. The normalized spacial score (nSPS) is 20.9. The van der Waals surface area contributed by atoms with E-state index in [0.717, 1.165) is 4.90 Å². The molecule has 0 saturated carbocycles. The van der Waals surface area contributed by atoms with E-state index in [-0.39, 0.29) is 30.1 Å². The van der Waals surface area contributed by atoms with E-state index in [0.29, 0.717) is 36.3 Å². The lowest BCUT2D eigenvalue weighted by atomic mass is 9.96. The highest BCUT2D eigenvalue weighted by molar-refractivity contribution is 8.01. The fourth-order valence-electron chi connectivity index (χ4n) is 3.69. The average Bonchev–Trinajstić information content (AvgIpc) is 2.75. The van der Waals surface area contributed by atoms with Crippen LogP contribution in [0.4, 0.5) is 15.8 Å². The Kier molecular flexibility index (Phi) is 5.76. The number of anilines is 2. The van der Waals surface area contributed by atoms with Crippen LogP contribution in [0.5, 0.6) is 0 Å². The van der Waals surface area contributed by atoms with Gasteiger partial charge in [-0.05, 0) is 49.6 Å². The van der Waals surface area contributed by atoms with Crippen molar-refractivity contribution in [2.24, 2.45) is 5.92 Å². The van der Waals surface area contributed by atoms with E-state index in [1.807, 2.05) is 18.2 Å². The van der Waals surface area contributed by atoms with Gasteiger partial charge < -0.3 is 15.5 Å². The maximum atomic E-state index is 13.7. The molecule has 2 heterocycles. The van der Waals surface area contributed by atoms with Gasteiger partial charge in [0.1, 0.15) is 5.82 Å². The summed E-state index contributed by atoms with van der Waals surface area (Å²) in [6.45, 7) is 2.40. The molecule has 3 amide bonds. The number of fused-ring (bicyclic) bond motifs is 1. The van der Waals surface area contributed by atoms with Crippen molar-refractivity contribution in [3.63, 3.8) is 0 Å². The van der Waals surface area contributed by atoms with Crippen molar-refractivity contribution >= 4 is 40.9 Å². The van der Waals surface area contributed by atoms with E-state index < -0.39 is 11.2 Å². The molecule has 1 saturated heterocycles. The van der Waals surface area contributed by atoms with E-state index in [9.17, 15) is 18.8 Å². The number of carbonyl (C=O) groups is 3. The van der Waals surface area contributed by atoms with Crippen molar-refractivity contribution in [3.8, 4) is 0 Å². The summed E-state index contributed by atoms with van der Waals surface area (Å²) >= 11 is 1.24. The van der Waals surface area contributed by atoms with Crippen LogP contribution in [0.15, 0.2) is 47.4 Å². The molecule has 0 aliphatic carbocycles. The minimum Gasteiger partial charge on any atom is -0.340 e. The van der Waals surface area contributed by atoms with Crippen molar-refractivity contribution < 1.29 is 18.8 Å². The van der Waals surface area contributed by atoms with Gasteiger partial charge in [-0.3, -0.25) is 14.4 Å². The van der Waals surface area contributed by atoms with Crippen LogP contribution < -0.4 is 10.6 Å². The summed E-state index contributed by atoms with van der Waals surface area (Å²) in [4.78, 5) is 40.6. The second-order valence-electron chi connectivity index (χ2n) is 7.56. The molecule has 2 atom stereocenters. The third-order valence-electron chi connectivity index (χ3n) is 5.40. The number of aryl methyl sites for hydroxylation is 1. The first kappa shape index (κ1) is 20.4. The number of carbonyl (C=O) groups excluding carboxylic acids is 3. The van der Waals surface area contributed by atoms with E-state index in [4.69, 9.17) is 0 Å². The number of piperidine rings is 1.